The number of methoxy groups -OCH3 is 2. The molecular weight excluding hydrogens is 554 g/mol. The molecule has 1 aromatic heterocycles. The van der Waals surface area contributed by atoms with Gasteiger partial charge in [-0.1, -0.05) is 70.9 Å². The van der Waals surface area contributed by atoms with Crippen molar-refractivity contribution >= 4 is 40.1 Å². The Bertz CT molecular complexity index is 1700. The highest BCUT2D eigenvalue weighted by molar-refractivity contribution is 6.30. The molecule has 5 rings (SSSR count). The number of carbonyl (C=O) groups excluding carboxylic acids is 2. The summed E-state index contributed by atoms with van der Waals surface area (Å²) >= 11 is 6.20. The van der Waals surface area contributed by atoms with Gasteiger partial charge in [0.25, 0.3) is 5.91 Å². The minimum absolute atomic E-state index is 0.115. The topological polar surface area (TPSA) is 98.6 Å². The van der Waals surface area contributed by atoms with Gasteiger partial charge in [-0.3, -0.25) is 9.59 Å². The van der Waals surface area contributed by atoms with Crippen LogP contribution < -0.4 is 14.8 Å². The number of nitrogens with zero attached hydrogens (tertiary/aromatic N) is 4. The van der Waals surface area contributed by atoms with Crippen molar-refractivity contribution in [2.75, 3.05) is 19.5 Å². The van der Waals surface area contributed by atoms with E-state index in [0.717, 1.165) is 16.6 Å². The fourth-order valence-corrected chi connectivity index (χ4v) is 4.81. The van der Waals surface area contributed by atoms with E-state index in [4.69, 9.17) is 21.1 Å². The summed E-state index contributed by atoms with van der Waals surface area (Å²) in [4.78, 5) is 29.9. The van der Waals surface area contributed by atoms with Gasteiger partial charge in [0.15, 0.2) is 0 Å². The molecule has 4 aromatic carbocycles. The molecule has 1 N–H and O–H groups in total. The van der Waals surface area contributed by atoms with E-state index < -0.39 is 11.9 Å². The smallest absolute Gasteiger partial charge is 0.251 e. The first-order valence-corrected chi connectivity index (χ1v) is 13.7. The Balaban J connectivity index is 1.56. The lowest BCUT2D eigenvalue weighted by molar-refractivity contribution is -0.140. The predicted octanol–water partition coefficient (Wildman–Crippen LogP) is 5.82. The number of benzene rings is 4. The number of amides is 2. The fourth-order valence-electron chi connectivity index (χ4n) is 4.69. The summed E-state index contributed by atoms with van der Waals surface area (Å²) in [6.45, 7) is 2.05. The van der Waals surface area contributed by atoms with Gasteiger partial charge in [-0.25, -0.2) is 4.68 Å². The minimum Gasteiger partial charge on any atom is -0.497 e. The molecule has 42 heavy (non-hydrogen) atoms. The number of aryl methyl sites for hydroxylation is 1. The second-order valence-corrected chi connectivity index (χ2v) is 10.2. The molecule has 0 fully saturated rings. The zero-order valence-corrected chi connectivity index (χ0v) is 24.2. The van der Waals surface area contributed by atoms with Gasteiger partial charge in [0, 0.05) is 17.6 Å². The summed E-state index contributed by atoms with van der Waals surface area (Å²) in [7, 11) is 3.06. The Morgan fingerprint density at radius 3 is 2.40 bits per heavy atom. The first-order valence-electron chi connectivity index (χ1n) is 13.3. The average Bonchev–Trinajstić information content (AvgIpc) is 3.41. The highest BCUT2D eigenvalue weighted by Crippen LogP contribution is 2.32. The maximum atomic E-state index is 14.2. The van der Waals surface area contributed by atoms with Crippen molar-refractivity contribution in [2.24, 2.45) is 0 Å². The van der Waals surface area contributed by atoms with E-state index in [2.05, 4.69) is 15.6 Å². The lowest BCUT2D eigenvalue weighted by Crippen LogP contribution is -2.42. The van der Waals surface area contributed by atoms with Crippen LogP contribution in [-0.2, 0) is 22.7 Å². The fraction of sp³-hybridized carbons (Fsp3) is 0.188. The van der Waals surface area contributed by atoms with Crippen molar-refractivity contribution < 1.29 is 19.1 Å². The highest BCUT2D eigenvalue weighted by atomic mass is 35.5. The number of halogens is 1. The Morgan fingerprint density at radius 1 is 0.952 bits per heavy atom. The SMILES string of the molecule is COc1ccc(NC(=O)C(c2ccc(Cl)cc2)N(Cc2ccc(C)cc2)C(=O)Cn2nnc3ccccc32)c(OC)c1. The van der Waals surface area contributed by atoms with Crippen molar-refractivity contribution in [1.29, 1.82) is 0 Å². The van der Waals surface area contributed by atoms with Crippen molar-refractivity contribution in [1.82, 2.24) is 19.9 Å². The number of ether oxygens (including phenoxy) is 2. The van der Waals surface area contributed by atoms with Gasteiger partial charge in [-0.2, -0.15) is 0 Å². The summed E-state index contributed by atoms with van der Waals surface area (Å²) in [6, 6.07) is 26.2. The molecule has 9 nitrogen and oxygen atoms in total. The first-order chi connectivity index (χ1) is 20.4. The van der Waals surface area contributed by atoms with E-state index >= 15 is 0 Å². The number of para-hydroxylation sites is 1. The van der Waals surface area contributed by atoms with Crippen LogP contribution in [0.5, 0.6) is 11.5 Å². The number of carbonyl (C=O) groups is 2. The van der Waals surface area contributed by atoms with Crippen LogP contribution in [0.25, 0.3) is 11.0 Å². The van der Waals surface area contributed by atoms with E-state index in [1.165, 1.54) is 7.11 Å². The Labute approximate surface area is 248 Å². The van der Waals surface area contributed by atoms with Gasteiger partial charge in [0.1, 0.15) is 29.6 Å². The van der Waals surface area contributed by atoms with Crippen LogP contribution in [0, 0.1) is 6.92 Å². The summed E-state index contributed by atoms with van der Waals surface area (Å²) in [5.41, 5.74) is 4.38. The molecule has 0 saturated heterocycles. The van der Waals surface area contributed by atoms with Gasteiger partial charge in [-0.15, -0.1) is 5.10 Å². The summed E-state index contributed by atoms with van der Waals surface area (Å²) in [5, 5.41) is 11.9. The van der Waals surface area contributed by atoms with E-state index in [-0.39, 0.29) is 19.0 Å². The first kappa shape index (κ1) is 28.6. The van der Waals surface area contributed by atoms with E-state index in [1.54, 1.807) is 59.2 Å². The van der Waals surface area contributed by atoms with Crippen LogP contribution in [0.2, 0.25) is 5.02 Å². The van der Waals surface area contributed by atoms with Crippen LogP contribution >= 0.6 is 11.6 Å². The molecule has 0 aliphatic rings. The largest absolute Gasteiger partial charge is 0.497 e. The zero-order valence-electron chi connectivity index (χ0n) is 23.5. The van der Waals surface area contributed by atoms with E-state index in [9.17, 15) is 9.59 Å². The maximum absolute atomic E-state index is 14.2. The highest BCUT2D eigenvalue weighted by Gasteiger charge is 2.33. The van der Waals surface area contributed by atoms with Gasteiger partial charge < -0.3 is 19.7 Å². The van der Waals surface area contributed by atoms with Crippen molar-refractivity contribution in [3.63, 3.8) is 0 Å². The predicted molar refractivity (Wildman–Crippen MR) is 162 cm³/mol. The normalized spacial score (nSPS) is 11.6. The van der Waals surface area contributed by atoms with Crippen LogP contribution in [0.1, 0.15) is 22.7 Å². The third-order valence-corrected chi connectivity index (χ3v) is 7.16. The van der Waals surface area contributed by atoms with Gasteiger partial charge in [0.2, 0.25) is 5.91 Å². The standard InChI is InChI=1S/C32H30ClN5O4/c1-21-8-10-22(11-9-21)19-37(30(39)20-38-28-7-5-4-6-26(28)35-36-38)31(23-12-14-24(33)15-13-23)32(40)34-27-17-16-25(41-2)18-29(27)42-3/h4-18,31H,19-20H2,1-3H3,(H,34,40). The van der Waals surface area contributed by atoms with Gasteiger partial charge >= 0.3 is 0 Å². The monoisotopic (exact) mass is 583 g/mol. The van der Waals surface area contributed by atoms with Crippen LogP contribution in [0.3, 0.4) is 0 Å². The van der Waals surface area contributed by atoms with Crippen molar-refractivity contribution in [3.05, 3.63) is 113 Å². The minimum atomic E-state index is -1.02. The molecule has 10 heteroatoms. The van der Waals surface area contributed by atoms with Crippen LogP contribution in [0.15, 0.2) is 91.0 Å². The number of hydrogen-bond donors (Lipinski definition) is 1. The molecule has 0 bridgehead atoms. The number of nitrogens with one attached hydrogen (secondary N) is 1. The Kier molecular flexibility index (Phi) is 8.68. The molecule has 0 aliphatic carbocycles. The lowest BCUT2D eigenvalue weighted by Gasteiger charge is -2.32. The van der Waals surface area contributed by atoms with Crippen LogP contribution in [0.4, 0.5) is 5.69 Å². The molecule has 1 unspecified atom stereocenters. The van der Waals surface area contributed by atoms with Crippen molar-refractivity contribution in [2.45, 2.75) is 26.1 Å². The lowest BCUT2D eigenvalue weighted by atomic mass is 10.0. The van der Waals surface area contributed by atoms with Crippen LogP contribution in [-0.4, -0.2) is 45.9 Å². The average molecular weight is 584 g/mol. The van der Waals surface area contributed by atoms with Crippen molar-refractivity contribution in [3.8, 4) is 11.5 Å². The maximum Gasteiger partial charge on any atom is 0.251 e. The number of aromatic nitrogens is 3. The van der Waals surface area contributed by atoms with Gasteiger partial charge in [-0.05, 0) is 54.4 Å². The molecule has 0 aliphatic heterocycles. The molecule has 0 spiro atoms. The molecule has 5 aromatic rings. The third kappa shape index (κ3) is 6.37. The molecular formula is C32H30ClN5O4. The molecule has 2 amide bonds. The zero-order chi connectivity index (χ0) is 29.6. The quantitative estimate of drug-likeness (QED) is 0.222. The summed E-state index contributed by atoms with van der Waals surface area (Å²) < 4.78 is 12.3. The summed E-state index contributed by atoms with van der Waals surface area (Å²) in [5.74, 6) is 0.256. The second-order valence-electron chi connectivity index (χ2n) is 9.75. The number of hydrogen-bond acceptors (Lipinski definition) is 6. The molecule has 214 valence electrons. The Morgan fingerprint density at radius 2 is 1.69 bits per heavy atom. The number of rotatable bonds is 10. The molecule has 1 atom stereocenters. The molecule has 0 radical (unpaired) electrons. The molecule has 0 saturated carbocycles. The summed E-state index contributed by atoms with van der Waals surface area (Å²) in [6.07, 6.45) is 0. The number of anilines is 1. The van der Waals surface area contributed by atoms with E-state index in [0.29, 0.717) is 33.3 Å². The number of fused-ring (bicyclic) bond motifs is 1. The molecule has 1 heterocycles. The second kappa shape index (κ2) is 12.7. The van der Waals surface area contributed by atoms with E-state index in [1.807, 2.05) is 55.5 Å². The third-order valence-electron chi connectivity index (χ3n) is 6.91. The Hall–Kier alpha value is -4.89. The van der Waals surface area contributed by atoms with Gasteiger partial charge in [0.05, 0.1) is 25.4 Å².